The summed E-state index contributed by atoms with van der Waals surface area (Å²) in [5.74, 6) is 0.762. The van der Waals surface area contributed by atoms with Gasteiger partial charge < -0.3 is 14.8 Å². The Bertz CT molecular complexity index is 532. The molecule has 0 bridgehead atoms. The van der Waals surface area contributed by atoms with Crippen LogP contribution in [0.5, 0.6) is 0 Å². The lowest BCUT2D eigenvalue weighted by Crippen LogP contribution is -2.26. The fourth-order valence-corrected chi connectivity index (χ4v) is 1.63. The Morgan fingerprint density at radius 1 is 1.39 bits per heavy atom. The maximum atomic E-state index is 9.21. The van der Waals surface area contributed by atoms with E-state index in [1.807, 2.05) is 39.0 Å². The molecule has 0 saturated carbocycles. The van der Waals surface area contributed by atoms with E-state index < -0.39 is 0 Å². The van der Waals surface area contributed by atoms with Crippen LogP contribution in [-0.4, -0.2) is 23.2 Å². The smallest absolute Gasteiger partial charge is 0.195 e. The maximum Gasteiger partial charge on any atom is 0.195 e. The molecule has 2 N–H and O–H groups in total. The van der Waals surface area contributed by atoms with Gasteiger partial charge in [0.25, 0.3) is 0 Å². The number of aliphatic hydroxyl groups excluding tert-OH is 1. The average Bonchev–Trinajstić information content (AvgIpc) is 2.78. The molecule has 0 atom stereocenters. The molecule has 2 rings (SSSR count). The van der Waals surface area contributed by atoms with Crippen molar-refractivity contribution in [2.75, 3.05) is 18.5 Å². The summed E-state index contributed by atoms with van der Waals surface area (Å²) in [4.78, 5) is 4.40. The van der Waals surface area contributed by atoms with Crippen molar-refractivity contribution in [3.8, 4) is 0 Å². The molecule has 1 heterocycles. The standard InChI is InChI=1S/C14H20N2O2/c1-4-13-16-11-7-10(5-6-12(11)18-13)15-8-14(2,3)9-17/h5-7,15,17H,4,8-9H2,1-3H3. The second-order valence-electron chi connectivity index (χ2n) is 5.32. The predicted octanol–water partition coefficient (Wildman–Crippen LogP) is 2.82. The number of aryl methyl sites for hydroxylation is 1. The highest BCUT2D eigenvalue weighted by Crippen LogP contribution is 2.22. The largest absolute Gasteiger partial charge is 0.441 e. The lowest BCUT2D eigenvalue weighted by molar-refractivity contribution is 0.171. The molecule has 0 aliphatic rings. The quantitative estimate of drug-likeness (QED) is 0.854. The number of aliphatic hydroxyl groups is 1. The van der Waals surface area contributed by atoms with Crippen LogP contribution in [0.15, 0.2) is 22.6 Å². The zero-order valence-electron chi connectivity index (χ0n) is 11.2. The molecular weight excluding hydrogens is 228 g/mol. The Balaban J connectivity index is 2.14. The molecule has 0 aliphatic carbocycles. The van der Waals surface area contributed by atoms with E-state index in [9.17, 15) is 5.11 Å². The van der Waals surface area contributed by atoms with Crippen molar-refractivity contribution in [2.24, 2.45) is 5.41 Å². The van der Waals surface area contributed by atoms with E-state index in [0.29, 0.717) is 6.54 Å². The van der Waals surface area contributed by atoms with Crippen LogP contribution in [0.1, 0.15) is 26.7 Å². The fraction of sp³-hybridized carbons (Fsp3) is 0.500. The number of rotatable bonds is 5. The Hall–Kier alpha value is -1.55. The van der Waals surface area contributed by atoms with Gasteiger partial charge in [-0.15, -0.1) is 0 Å². The number of fused-ring (bicyclic) bond motifs is 1. The summed E-state index contributed by atoms with van der Waals surface area (Å²) < 4.78 is 5.56. The first-order valence-corrected chi connectivity index (χ1v) is 6.28. The maximum absolute atomic E-state index is 9.21. The second kappa shape index (κ2) is 4.98. The first kappa shape index (κ1) is 12.9. The molecule has 1 aromatic carbocycles. The van der Waals surface area contributed by atoms with Gasteiger partial charge >= 0.3 is 0 Å². The predicted molar refractivity (Wildman–Crippen MR) is 72.7 cm³/mol. The summed E-state index contributed by atoms with van der Waals surface area (Å²) in [6, 6.07) is 5.88. The lowest BCUT2D eigenvalue weighted by atomic mass is 9.95. The van der Waals surface area contributed by atoms with Gasteiger partial charge in [-0.3, -0.25) is 0 Å². The number of hydrogen-bond donors (Lipinski definition) is 2. The van der Waals surface area contributed by atoms with Crippen LogP contribution in [0, 0.1) is 5.41 Å². The van der Waals surface area contributed by atoms with E-state index >= 15 is 0 Å². The van der Waals surface area contributed by atoms with Gasteiger partial charge in [-0.05, 0) is 18.2 Å². The number of aromatic nitrogens is 1. The van der Waals surface area contributed by atoms with Gasteiger partial charge in [0.05, 0.1) is 0 Å². The summed E-state index contributed by atoms with van der Waals surface area (Å²) in [5, 5.41) is 12.5. The molecule has 4 heteroatoms. The minimum Gasteiger partial charge on any atom is -0.441 e. The fourth-order valence-electron chi connectivity index (χ4n) is 1.63. The number of benzene rings is 1. The van der Waals surface area contributed by atoms with Crippen LogP contribution in [0.2, 0.25) is 0 Å². The summed E-state index contributed by atoms with van der Waals surface area (Å²) in [5.41, 5.74) is 2.56. The third-order valence-corrected chi connectivity index (χ3v) is 2.93. The van der Waals surface area contributed by atoms with Crippen LogP contribution in [-0.2, 0) is 6.42 Å². The van der Waals surface area contributed by atoms with E-state index in [2.05, 4.69) is 10.3 Å². The Morgan fingerprint density at radius 2 is 2.17 bits per heavy atom. The Labute approximate surface area is 107 Å². The third-order valence-electron chi connectivity index (χ3n) is 2.93. The minimum atomic E-state index is -0.132. The SMILES string of the molecule is CCc1nc2cc(NCC(C)(C)CO)ccc2o1. The van der Waals surface area contributed by atoms with Crippen molar-refractivity contribution in [3.63, 3.8) is 0 Å². The van der Waals surface area contributed by atoms with Crippen LogP contribution >= 0.6 is 0 Å². The first-order chi connectivity index (χ1) is 8.54. The van der Waals surface area contributed by atoms with Crippen LogP contribution < -0.4 is 5.32 Å². The molecule has 4 nitrogen and oxygen atoms in total. The van der Waals surface area contributed by atoms with Gasteiger partial charge in [-0.1, -0.05) is 20.8 Å². The van der Waals surface area contributed by atoms with E-state index in [1.54, 1.807) is 0 Å². The molecule has 0 aliphatic heterocycles. The van der Waals surface area contributed by atoms with Crippen LogP contribution in [0.4, 0.5) is 5.69 Å². The molecule has 0 spiro atoms. The summed E-state index contributed by atoms with van der Waals surface area (Å²) in [6.07, 6.45) is 0.801. The number of oxazole rings is 1. The molecule has 0 amide bonds. The van der Waals surface area contributed by atoms with Crippen molar-refractivity contribution in [1.82, 2.24) is 4.98 Å². The normalized spacial score (nSPS) is 12.0. The Kier molecular flexibility index (Phi) is 3.57. The van der Waals surface area contributed by atoms with Crippen molar-refractivity contribution in [1.29, 1.82) is 0 Å². The highest BCUT2D eigenvalue weighted by Gasteiger charge is 2.16. The number of nitrogens with zero attached hydrogens (tertiary/aromatic N) is 1. The third kappa shape index (κ3) is 2.82. The average molecular weight is 248 g/mol. The van der Waals surface area contributed by atoms with Crippen molar-refractivity contribution in [2.45, 2.75) is 27.2 Å². The zero-order valence-corrected chi connectivity index (χ0v) is 11.2. The van der Waals surface area contributed by atoms with Crippen LogP contribution in [0.25, 0.3) is 11.1 Å². The van der Waals surface area contributed by atoms with Crippen molar-refractivity contribution in [3.05, 3.63) is 24.1 Å². The molecule has 98 valence electrons. The zero-order chi connectivity index (χ0) is 13.2. The van der Waals surface area contributed by atoms with E-state index in [0.717, 1.165) is 29.1 Å². The molecule has 1 aromatic heterocycles. The molecule has 18 heavy (non-hydrogen) atoms. The van der Waals surface area contributed by atoms with Gasteiger partial charge in [-0.25, -0.2) is 4.98 Å². The number of nitrogens with one attached hydrogen (secondary N) is 1. The van der Waals surface area contributed by atoms with Crippen LogP contribution in [0.3, 0.4) is 0 Å². The number of hydrogen-bond acceptors (Lipinski definition) is 4. The minimum absolute atomic E-state index is 0.132. The van der Waals surface area contributed by atoms with Gasteiger partial charge in [0.15, 0.2) is 11.5 Å². The van der Waals surface area contributed by atoms with Gasteiger partial charge in [0.1, 0.15) is 5.52 Å². The number of anilines is 1. The Morgan fingerprint density at radius 3 is 2.83 bits per heavy atom. The second-order valence-corrected chi connectivity index (χ2v) is 5.32. The topological polar surface area (TPSA) is 58.3 Å². The lowest BCUT2D eigenvalue weighted by Gasteiger charge is -2.22. The van der Waals surface area contributed by atoms with Crippen molar-refractivity contribution < 1.29 is 9.52 Å². The van der Waals surface area contributed by atoms with E-state index in [4.69, 9.17) is 4.42 Å². The van der Waals surface area contributed by atoms with E-state index in [1.165, 1.54) is 0 Å². The first-order valence-electron chi connectivity index (χ1n) is 6.28. The molecular formula is C14H20N2O2. The van der Waals surface area contributed by atoms with Gasteiger partial charge in [0, 0.05) is 30.7 Å². The molecule has 0 radical (unpaired) electrons. The van der Waals surface area contributed by atoms with Crippen molar-refractivity contribution >= 4 is 16.8 Å². The van der Waals surface area contributed by atoms with Gasteiger partial charge in [-0.2, -0.15) is 0 Å². The summed E-state index contributed by atoms with van der Waals surface area (Å²) in [7, 11) is 0. The van der Waals surface area contributed by atoms with Gasteiger partial charge in [0.2, 0.25) is 0 Å². The summed E-state index contributed by atoms with van der Waals surface area (Å²) >= 11 is 0. The van der Waals surface area contributed by atoms with E-state index in [-0.39, 0.29) is 12.0 Å². The molecule has 2 aromatic rings. The highest BCUT2D eigenvalue weighted by atomic mass is 16.3. The highest BCUT2D eigenvalue weighted by molar-refractivity contribution is 5.77. The molecule has 0 saturated heterocycles. The summed E-state index contributed by atoms with van der Waals surface area (Å²) in [6.45, 7) is 6.93. The monoisotopic (exact) mass is 248 g/mol. The molecule has 0 fully saturated rings. The molecule has 0 unspecified atom stereocenters.